The van der Waals surface area contributed by atoms with Crippen LogP contribution in [-0.2, 0) is 0 Å². The Morgan fingerprint density at radius 2 is 2.05 bits per heavy atom. The van der Waals surface area contributed by atoms with Crippen LogP contribution in [0.1, 0.15) is 12.8 Å². The van der Waals surface area contributed by atoms with Gasteiger partial charge in [-0.25, -0.2) is 0 Å². The highest BCUT2D eigenvalue weighted by Crippen LogP contribution is 2.28. The molecule has 0 radical (unpaired) electrons. The Labute approximate surface area is 120 Å². The van der Waals surface area contributed by atoms with Crippen LogP contribution in [0.15, 0.2) is 30.5 Å². The first kappa shape index (κ1) is 13.2. The zero-order valence-electron chi connectivity index (χ0n) is 12.0. The molecule has 1 saturated heterocycles. The molecule has 1 aromatic carbocycles. The Morgan fingerprint density at radius 3 is 2.85 bits per heavy atom. The number of nitrogens with two attached hydrogens (primary N) is 1. The highest BCUT2D eigenvalue weighted by Gasteiger charge is 2.13. The van der Waals surface area contributed by atoms with Gasteiger partial charge in [0.2, 0.25) is 0 Å². The van der Waals surface area contributed by atoms with Crippen LogP contribution in [0.25, 0.3) is 10.9 Å². The van der Waals surface area contributed by atoms with Gasteiger partial charge in [0.25, 0.3) is 0 Å². The predicted molar refractivity (Wildman–Crippen MR) is 85.1 cm³/mol. The predicted octanol–water partition coefficient (Wildman–Crippen LogP) is 2.35. The van der Waals surface area contributed by atoms with E-state index in [-0.39, 0.29) is 0 Å². The van der Waals surface area contributed by atoms with Crippen molar-refractivity contribution in [2.24, 2.45) is 0 Å². The zero-order chi connectivity index (χ0) is 13.9. The Hall–Kier alpha value is -1.81. The molecule has 0 amide bonds. The van der Waals surface area contributed by atoms with Gasteiger partial charge < -0.3 is 15.5 Å². The van der Waals surface area contributed by atoms with E-state index in [1.807, 2.05) is 12.1 Å². The lowest BCUT2D eigenvalue weighted by atomic mass is 10.1. The number of pyridine rings is 1. The fourth-order valence-electron chi connectivity index (χ4n) is 2.93. The highest BCUT2D eigenvalue weighted by molar-refractivity contribution is 5.98. The number of hydrogen-bond donors (Lipinski definition) is 1. The maximum Gasteiger partial charge on any atom is 0.0951 e. The maximum atomic E-state index is 6.01. The lowest BCUT2D eigenvalue weighted by Gasteiger charge is -2.24. The summed E-state index contributed by atoms with van der Waals surface area (Å²) in [6.45, 7) is 4.66. The summed E-state index contributed by atoms with van der Waals surface area (Å²) in [4.78, 5) is 9.24. The summed E-state index contributed by atoms with van der Waals surface area (Å²) < 4.78 is 0. The van der Waals surface area contributed by atoms with Gasteiger partial charge in [-0.05, 0) is 50.2 Å². The summed E-state index contributed by atoms with van der Waals surface area (Å²) >= 11 is 0. The van der Waals surface area contributed by atoms with Gasteiger partial charge in [0, 0.05) is 37.4 Å². The third kappa shape index (κ3) is 2.56. The molecule has 1 aliphatic rings. The van der Waals surface area contributed by atoms with E-state index in [1.54, 1.807) is 6.20 Å². The molecule has 20 heavy (non-hydrogen) atoms. The molecule has 0 unspecified atom stereocenters. The second-order valence-corrected chi connectivity index (χ2v) is 5.54. The van der Waals surface area contributed by atoms with Crippen LogP contribution >= 0.6 is 0 Å². The minimum Gasteiger partial charge on any atom is -0.397 e. The third-order valence-corrected chi connectivity index (χ3v) is 4.14. The number of likely N-dealkylation sites (N-methyl/N-ethyl adjacent to an activating group) is 1. The summed E-state index contributed by atoms with van der Waals surface area (Å²) in [5.74, 6) is 0. The molecular formula is C16H22N4. The largest absolute Gasteiger partial charge is 0.397 e. The zero-order valence-corrected chi connectivity index (χ0v) is 12.0. The van der Waals surface area contributed by atoms with Gasteiger partial charge in [-0.1, -0.05) is 0 Å². The van der Waals surface area contributed by atoms with Crippen molar-refractivity contribution in [1.29, 1.82) is 0 Å². The fourth-order valence-corrected chi connectivity index (χ4v) is 2.93. The summed E-state index contributed by atoms with van der Waals surface area (Å²) in [5.41, 5.74) is 8.87. The lowest BCUT2D eigenvalue weighted by molar-refractivity contribution is 0.347. The van der Waals surface area contributed by atoms with Gasteiger partial charge >= 0.3 is 0 Å². The van der Waals surface area contributed by atoms with Crippen LogP contribution in [0.2, 0.25) is 0 Å². The summed E-state index contributed by atoms with van der Waals surface area (Å²) in [6.07, 6.45) is 4.49. The molecule has 106 valence electrons. The van der Waals surface area contributed by atoms with Gasteiger partial charge in [-0.2, -0.15) is 0 Å². The van der Waals surface area contributed by atoms with E-state index in [2.05, 4.69) is 34.0 Å². The number of nitrogen functional groups attached to an aromatic ring is 1. The first-order valence-corrected chi connectivity index (χ1v) is 7.32. The van der Waals surface area contributed by atoms with Gasteiger partial charge in [-0.15, -0.1) is 0 Å². The molecule has 0 spiro atoms. The second kappa shape index (κ2) is 5.67. The quantitative estimate of drug-likeness (QED) is 0.866. The molecule has 2 N–H and O–H groups in total. The average molecular weight is 270 g/mol. The Bertz CT molecular complexity index is 590. The van der Waals surface area contributed by atoms with Crippen LogP contribution in [-0.4, -0.2) is 43.1 Å². The van der Waals surface area contributed by atoms with E-state index in [0.29, 0.717) is 0 Å². The molecule has 0 bridgehead atoms. The first-order chi connectivity index (χ1) is 9.75. The monoisotopic (exact) mass is 270 g/mol. The van der Waals surface area contributed by atoms with Crippen molar-refractivity contribution in [3.05, 3.63) is 30.5 Å². The van der Waals surface area contributed by atoms with Crippen molar-refractivity contribution in [2.45, 2.75) is 12.8 Å². The number of fused-ring (bicyclic) bond motifs is 1. The number of rotatable bonds is 4. The third-order valence-electron chi connectivity index (χ3n) is 4.14. The average Bonchev–Trinajstić information content (AvgIpc) is 2.99. The molecule has 0 saturated carbocycles. The van der Waals surface area contributed by atoms with E-state index in [9.17, 15) is 0 Å². The summed E-state index contributed by atoms with van der Waals surface area (Å²) in [7, 11) is 2.15. The Morgan fingerprint density at radius 1 is 1.25 bits per heavy atom. The molecule has 1 aromatic heterocycles. The molecule has 1 fully saturated rings. The van der Waals surface area contributed by atoms with Crippen molar-refractivity contribution >= 4 is 22.3 Å². The lowest BCUT2D eigenvalue weighted by Crippen LogP contribution is -2.31. The van der Waals surface area contributed by atoms with Gasteiger partial charge in [-0.3, -0.25) is 4.98 Å². The van der Waals surface area contributed by atoms with Crippen LogP contribution in [0.5, 0.6) is 0 Å². The molecule has 3 rings (SSSR count). The van der Waals surface area contributed by atoms with E-state index >= 15 is 0 Å². The number of aromatic nitrogens is 1. The summed E-state index contributed by atoms with van der Waals surface area (Å²) in [5, 5.41) is 1.14. The van der Waals surface area contributed by atoms with Crippen LogP contribution in [0.4, 0.5) is 11.4 Å². The number of nitrogens with zero attached hydrogens (tertiary/aromatic N) is 3. The van der Waals surface area contributed by atoms with Crippen LogP contribution in [0.3, 0.4) is 0 Å². The molecule has 2 heterocycles. The van der Waals surface area contributed by atoms with Crippen LogP contribution in [0, 0.1) is 0 Å². The summed E-state index contributed by atoms with van der Waals surface area (Å²) in [6, 6.07) is 8.13. The molecule has 4 nitrogen and oxygen atoms in total. The van der Waals surface area contributed by atoms with Crippen molar-refractivity contribution in [2.75, 3.05) is 43.9 Å². The minimum atomic E-state index is 0.747. The molecule has 2 aromatic rings. The molecular weight excluding hydrogens is 248 g/mol. The highest BCUT2D eigenvalue weighted by atomic mass is 15.2. The molecule has 0 atom stereocenters. The molecule has 1 aliphatic heterocycles. The van der Waals surface area contributed by atoms with E-state index in [0.717, 1.165) is 29.7 Å². The fraction of sp³-hybridized carbons (Fsp3) is 0.438. The topological polar surface area (TPSA) is 45.4 Å². The van der Waals surface area contributed by atoms with E-state index in [4.69, 9.17) is 5.73 Å². The standard InChI is InChI=1S/C16H22N4/c1-19(11-12-20-9-2-3-10-20)15-7-6-14(17)16-13(15)5-4-8-18-16/h4-8H,2-3,9-12,17H2,1H3. The van der Waals surface area contributed by atoms with Gasteiger partial charge in [0.15, 0.2) is 0 Å². The van der Waals surface area contributed by atoms with E-state index < -0.39 is 0 Å². The maximum absolute atomic E-state index is 6.01. The van der Waals surface area contributed by atoms with Gasteiger partial charge in [0.1, 0.15) is 0 Å². The van der Waals surface area contributed by atoms with Crippen molar-refractivity contribution < 1.29 is 0 Å². The number of benzene rings is 1. The SMILES string of the molecule is CN(CCN1CCCC1)c1ccc(N)c2ncccc12. The second-order valence-electron chi connectivity index (χ2n) is 5.54. The van der Waals surface area contributed by atoms with Gasteiger partial charge in [0.05, 0.1) is 11.2 Å². The van der Waals surface area contributed by atoms with Crippen molar-refractivity contribution in [1.82, 2.24) is 9.88 Å². The number of hydrogen-bond acceptors (Lipinski definition) is 4. The van der Waals surface area contributed by atoms with Crippen molar-refractivity contribution in [3.8, 4) is 0 Å². The molecule has 4 heteroatoms. The van der Waals surface area contributed by atoms with E-state index in [1.165, 1.54) is 31.6 Å². The molecule has 0 aliphatic carbocycles. The first-order valence-electron chi connectivity index (χ1n) is 7.32. The Balaban J connectivity index is 1.80. The Kier molecular flexibility index (Phi) is 3.74. The number of anilines is 2. The van der Waals surface area contributed by atoms with Crippen LogP contribution < -0.4 is 10.6 Å². The van der Waals surface area contributed by atoms with Crippen molar-refractivity contribution in [3.63, 3.8) is 0 Å². The number of likely N-dealkylation sites (tertiary alicyclic amines) is 1. The minimum absolute atomic E-state index is 0.747. The normalized spacial score (nSPS) is 15.8. The smallest absolute Gasteiger partial charge is 0.0951 e.